The molecular weight excluding hydrogens is 326 g/mol. The Morgan fingerprint density at radius 3 is 2.75 bits per heavy atom. The van der Waals surface area contributed by atoms with Gasteiger partial charge >= 0.3 is 0 Å². The summed E-state index contributed by atoms with van der Waals surface area (Å²) in [5.74, 6) is 0.213. The highest BCUT2D eigenvalue weighted by Crippen LogP contribution is 2.27. The molecule has 2 heterocycles. The second-order valence-corrected chi connectivity index (χ2v) is 7.02. The number of hydrogen-bond acceptors (Lipinski definition) is 3. The van der Waals surface area contributed by atoms with Crippen molar-refractivity contribution in [3.8, 4) is 0 Å². The number of nitrogens with one attached hydrogen (secondary N) is 1. The third kappa shape index (κ3) is 3.83. The third-order valence-corrected chi connectivity index (χ3v) is 5.36. The van der Waals surface area contributed by atoms with Crippen LogP contribution in [0.4, 0.5) is 5.69 Å². The van der Waals surface area contributed by atoms with E-state index in [-0.39, 0.29) is 17.9 Å². The van der Waals surface area contributed by atoms with E-state index in [9.17, 15) is 9.59 Å². The van der Waals surface area contributed by atoms with Crippen LogP contribution in [-0.4, -0.2) is 48.9 Å². The number of piperidine rings is 1. The van der Waals surface area contributed by atoms with Crippen LogP contribution in [0.5, 0.6) is 0 Å². The largest absolute Gasteiger partial charge is 0.368 e. The number of anilines is 1. The van der Waals surface area contributed by atoms with E-state index in [1.165, 1.54) is 0 Å². The van der Waals surface area contributed by atoms with Crippen LogP contribution >= 0.6 is 11.6 Å². The second-order valence-electron chi connectivity index (χ2n) is 6.61. The summed E-state index contributed by atoms with van der Waals surface area (Å²) in [7, 11) is 0. The highest BCUT2D eigenvalue weighted by molar-refractivity contribution is 6.31. The summed E-state index contributed by atoms with van der Waals surface area (Å²) in [6.45, 7) is 5.08. The number of halogens is 1. The molecular formula is C18H24ClN3O2. The Hall–Kier alpha value is -1.75. The van der Waals surface area contributed by atoms with Gasteiger partial charge in [-0.05, 0) is 37.5 Å². The Kier molecular flexibility index (Phi) is 5.29. The molecule has 0 bridgehead atoms. The summed E-state index contributed by atoms with van der Waals surface area (Å²) < 4.78 is 0. The Balaban J connectivity index is 1.54. The van der Waals surface area contributed by atoms with E-state index in [4.69, 9.17) is 11.6 Å². The minimum absolute atomic E-state index is 0.00644. The van der Waals surface area contributed by atoms with Crippen LogP contribution in [0.3, 0.4) is 0 Å². The zero-order valence-electron chi connectivity index (χ0n) is 14.1. The van der Waals surface area contributed by atoms with Gasteiger partial charge in [0.25, 0.3) is 0 Å². The molecule has 1 aromatic rings. The third-order valence-electron chi connectivity index (χ3n) is 4.95. The average molecular weight is 350 g/mol. The molecule has 2 aliphatic heterocycles. The van der Waals surface area contributed by atoms with E-state index in [1.54, 1.807) is 0 Å². The van der Waals surface area contributed by atoms with E-state index < -0.39 is 0 Å². The molecule has 0 aliphatic carbocycles. The molecule has 130 valence electrons. The number of amides is 2. The van der Waals surface area contributed by atoms with Crippen LogP contribution in [0.15, 0.2) is 18.2 Å². The molecule has 0 aromatic heterocycles. The van der Waals surface area contributed by atoms with Crippen molar-refractivity contribution in [3.05, 3.63) is 28.8 Å². The predicted octanol–water partition coefficient (Wildman–Crippen LogP) is 2.36. The molecule has 2 fully saturated rings. The van der Waals surface area contributed by atoms with Crippen LogP contribution < -0.4 is 10.2 Å². The van der Waals surface area contributed by atoms with Crippen molar-refractivity contribution in [3.63, 3.8) is 0 Å². The van der Waals surface area contributed by atoms with Crippen LogP contribution in [0.2, 0.25) is 5.02 Å². The molecule has 1 N–H and O–H groups in total. The summed E-state index contributed by atoms with van der Waals surface area (Å²) in [4.78, 5) is 28.1. The molecule has 3 rings (SSSR count). The zero-order chi connectivity index (χ0) is 17.1. The Morgan fingerprint density at radius 2 is 2.04 bits per heavy atom. The molecule has 2 saturated heterocycles. The van der Waals surface area contributed by atoms with Gasteiger partial charge in [0.05, 0.1) is 0 Å². The SMILES string of the molecule is Cc1c(Cl)cccc1N1CCN(C(=O)CC2CCCC(=O)N2)CC1. The van der Waals surface area contributed by atoms with Crippen LogP contribution in [-0.2, 0) is 9.59 Å². The second kappa shape index (κ2) is 7.43. The van der Waals surface area contributed by atoms with Crippen molar-refractivity contribution < 1.29 is 9.59 Å². The molecule has 0 radical (unpaired) electrons. The standard InChI is InChI=1S/C18H24ClN3O2/c1-13-15(19)5-3-6-16(13)21-8-10-22(11-9-21)18(24)12-14-4-2-7-17(23)20-14/h3,5-6,14H,2,4,7-12H2,1H3,(H,20,23). The van der Waals surface area contributed by atoms with Crippen LogP contribution in [0.1, 0.15) is 31.2 Å². The van der Waals surface area contributed by atoms with Gasteiger partial charge in [0.2, 0.25) is 11.8 Å². The van der Waals surface area contributed by atoms with Gasteiger partial charge in [0, 0.05) is 55.8 Å². The molecule has 0 saturated carbocycles. The van der Waals surface area contributed by atoms with Gasteiger partial charge in [-0.15, -0.1) is 0 Å². The fraction of sp³-hybridized carbons (Fsp3) is 0.556. The van der Waals surface area contributed by atoms with Gasteiger partial charge in [-0.2, -0.15) is 0 Å². The monoisotopic (exact) mass is 349 g/mol. The number of carbonyl (C=O) groups excluding carboxylic acids is 2. The number of hydrogen-bond donors (Lipinski definition) is 1. The van der Waals surface area contributed by atoms with Crippen molar-refractivity contribution in [2.75, 3.05) is 31.1 Å². The first kappa shape index (κ1) is 17.1. The van der Waals surface area contributed by atoms with Gasteiger partial charge in [0.15, 0.2) is 0 Å². The van der Waals surface area contributed by atoms with E-state index in [1.807, 2.05) is 24.0 Å². The van der Waals surface area contributed by atoms with Gasteiger partial charge in [-0.1, -0.05) is 17.7 Å². The topological polar surface area (TPSA) is 52.7 Å². The summed E-state index contributed by atoms with van der Waals surface area (Å²) in [5.41, 5.74) is 2.23. The van der Waals surface area contributed by atoms with Gasteiger partial charge in [0.1, 0.15) is 0 Å². The average Bonchev–Trinajstić information content (AvgIpc) is 2.57. The van der Waals surface area contributed by atoms with Crippen LogP contribution in [0, 0.1) is 6.92 Å². The lowest BCUT2D eigenvalue weighted by atomic mass is 10.0. The maximum absolute atomic E-state index is 12.5. The Morgan fingerprint density at radius 1 is 1.29 bits per heavy atom. The van der Waals surface area contributed by atoms with E-state index in [2.05, 4.69) is 16.3 Å². The van der Waals surface area contributed by atoms with Crippen molar-refractivity contribution in [2.45, 2.75) is 38.6 Å². The van der Waals surface area contributed by atoms with Gasteiger partial charge in [-0.3, -0.25) is 9.59 Å². The number of piperazine rings is 1. The molecule has 2 aliphatic rings. The molecule has 1 aromatic carbocycles. The Bertz CT molecular complexity index is 627. The number of carbonyl (C=O) groups is 2. The maximum Gasteiger partial charge on any atom is 0.224 e. The fourth-order valence-corrected chi connectivity index (χ4v) is 3.68. The minimum Gasteiger partial charge on any atom is -0.368 e. The van der Waals surface area contributed by atoms with E-state index in [0.29, 0.717) is 25.9 Å². The first-order chi connectivity index (χ1) is 11.5. The van der Waals surface area contributed by atoms with Crippen molar-refractivity contribution in [2.24, 2.45) is 0 Å². The van der Waals surface area contributed by atoms with Crippen molar-refractivity contribution >= 4 is 29.1 Å². The normalized spacial score (nSPS) is 21.6. The molecule has 24 heavy (non-hydrogen) atoms. The summed E-state index contributed by atoms with van der Waals surface area (Å²) in [5, 5.41) is 3.70. The predicted molar refractivity (Wildman–Crippen MR) is 95.4 cm³/mol. The zero-order valence-corrected chi connectivity index (χ0v) is 14.8. The highest BCUT2D eigenvalue weighted by atomic mass is 35.5. The lowest BCUT2D eigenvalue weighted by Crippen LogP contribution is -2.51. The molecule has 0 spiro atoms. The lowest BCUT2D eigenvalue weighted by Gasteiger charge is -2.37. The molecule has 2 amide bonds. The number of rotatable bonds is 3. The van der Waals surface area contributed by atoms with Crippen LogP contribution in [0.25, 0.3) is 0 Å². The summed E-state index contributed by atoms with van der Waals surface area (Å²) >= 11 is 6.21. The smallest absolute Gasteiger partial charge is 0.224 e. The molecule has 5 nitrogen and oxygen atoms in total. The first-order valence-corrected chi connectivity index (χ1v) is 8.99. The number of nitrogens with zero attached hydrogens (tertiary/aromatic N) is 2. The van der Waals surface area contributed by atoms with E-state index >= 15 is 0 Å². The van der Waals surface area contributed by atoms with E-state index in [0.717, 1.165) is 42.2 Å². The van der Waals surface area contributed by atoms with Crippen molar-refractivity contribution in [1.29, 1.82) is 0 Å². The maximum atomic E-state index is 12.5. The highest BCUT2D eigenvalue weighted by Gasteiger charge is 2.26. The fourth-order valence-electron chi connectivity index (χ4n) is 3.51. The van der Waals surface area contributed by atoms with Crippen molar-refractivity contribution in [1.82, 2.24) is 10.2 Å². The summed E-state index contributed by atoms with van der Waals surface area (Å²) in [6.07, 6.45) is 2.79. The summed E-state index contributed by atoms with van der Waals surface area (Å²) in [6, 6.07) is 5.95. The molecule has 1 atom stereocenters. The molecule has 1 unspecified atom stereocenters. The lowest BCUT2D eigenvalue weighted by molar-refractivity contribution is -0.132. The van der Waals surface area contributed by atoms with Gasteiger partial charge in [-0.25, -0.2) is 0 Å². The number of benzene rings is 1. The van der Waals surface area contributed by atoms with Gasteiger partial charge < -0.3 is 15.1 Å². The molecule has 6 heteroatoms. The first-order valence-electron chi connectivity index (χ1n) is 8.62. The minimum atomic E-state index is 0.00644. The quantitative estimate of drug-likeness (QED) is 0.911. The Labute approximate surface area is 147 Å².